The predicted octanol–water partition coefficient (Wildman–Crippen LogP) is 6.94. The Morgan fingerprint density at radius 2 is 1.15 bits per heavy atom. The molecular formula is C26H25N5O16S5. The molecule has 26 heteroatoms. The van der Waals surface area contributed by atoms with Crippen molar-refractivity contribution in [2.24, 2.45) is 20.5 Å². The summed E-state index contributed by atoms with van der Waals surface area (Å²) < 4.78 is 73.3. The summed E-state index contributed by atoms with van der Waals surface area (Å²) in [6.45, 7) is -0.605. The number of hydrogen-bond acceptors (Lipinski definition) is 24. The molecule has 0 radical (unpaired) electrons. The second-order valence-corrected chi connectivity index (χ2v) is 15.5. The Morgan fingerprint density at radius 3 is 1.67 bits per heavy atom. The van der Waals surface area contributed by atoms with Crippen molar-refractivity contribution in [3.63, 3.8) is 0 Å². The third kappa shape index (κ3) is 11.5. The van der Waals surface area contributed by atoms with Crippen LogP contribution in [0.2, 0.25) is 0 Å². The van der Waals surface area contributed by atoms with Gasteiger partial charge in [-0.15, -0.1) is 23.2 Å². The van der Waals surface area contributed by atoms with Gasteiger partial charge in [-0.2, -0.15) is 10.2 Å². The summed E-state index contributed by atoms with van der Waals surface area (Å²) in [6, 6.07) is 15.3. The molecule has 0 unspecified atom stereocenters. The van der Waals surface area contributed by atoms with Crippen molar-refractivity contribution in [2.45, 2.75) is 14.7 Å². The van der Waals surface area contributed by atoms with E-state index in [9.17, 15) is 21.9 Å². The van der Waals surface area contributed by atoms with Crippen molar-refractivity contribution >= 4 is 95.6 Å². The average molecular weight is 824 g/mol. The molecule has 0 spiro atoms. The van der Waals surface area contributed by atoms with E-state index in [1.165, 1.54) is 66.7 Å². The van der Waals surface area contributed by atoms with E-state index in [4.69, 9.17) is 29.9 Å². The number of hydrogen-bond donors (Lipinski definition) is 5. The number of nitrogen functional groups attached to an aromatic ring is 1. The highest BCUT2D eigenvalue weighted by Gasteiger charge is 2.20. The lowest BCUT2D eigenvalue weighted by Crippen LogP contribution is -2.11. The molecule has 0 aromatic heterocycles. The van der Waals surface area contributed by atoms with E-state index in [0.717, 1.165) is 0 Å². The van der Waals surface area contributed by atoms with Gasteiger partial charge in [0.1, 0.15) is 11.4 Å². The minimum atomic E-state index is -3.86. The van der Waals surface area contributed by atoms with Crippen molar-refractivity contribution in [1.29, 1.82) is 0 Å². The molecule has 4 aromatic carbocycles. The van der Waals surface area contributed by atoms with Crippen LogP contribution >= 0.6 is 36.7 Å². The molecule has 0 bridgehead atoms. The fourth-order valence-corrected chi connectivity index (χ4v) is 7.47. The number of azo groups is 2. The molecule has 52 heavy (non-hydrogen) atoms. The largest absolute Gasteiger partial charge is 0.505 e. The lowest BCUT2D eigenvalue weighted by Gasteiger charge is -2.12. The van der Waals surface area contributed by atoms with E-state index in [1.54, 1.807) is 0 Å². The van der Waals surface area contributed by atoms with Gasteiger partial charge in [-0.05, 0) is 54.6 Å². The lowest BCUT2D eigenvalue weighted by atomic mass is 10.1. The van der Waals surface area contributed by atoms with Crippen molar-refractivity contribution < 1.29 is 74.2 Å². The number of nitrogens with zero attached hydrogens (tertiary/aromatic N) is 4. The number of phenols is 1. The molecule has 4 aromatic rings. The Morgan fingerprint density at radius 1 is 0.635 bits per heavy atom. The monoisotopic (exact) mass is 823 g/mol. The highest BCUT2D eigenvalue weighted by atomic mass is 32.2. The van der Waals surface area contributed by atoms with Gasteiger partial charge < -0.3 is 10.8 Å². The minimum Gasteiger partial charge on any atom is -0.505 e. The molecule has 4 rings (SSSR count). The first-order valence-electron chi connectivity index (χ1n) is 13.8. The van der Waals surface area contributed by atoms with E-state index < -0.39 is 36.9 Å². The van der Waals surface area contributed by atoms with Gasteiger partial charge in [-0.3, -0.25) is 8.37 Å². The normalized spacial score (nSPS) is 12.4. The van der Waals surface area contributed by atoms with Crippen molar-refractivity contribution in [2.75, 3.05) is 30.5 Å². The number of fused-ring (bicyclic) bond motifs is 1. The smallest absolute Gasteiger partial charge is 0.197 e. The Kier molecular flexibility index (Phi) is 15.9. The van der Waals surface area contributed by atoms with Crippen molar-refractivity contribution in [3.8, 4) is 5.75 Å². The summed E-state index contributed by atoms with van der Waals surface area (Å²) in [5.74, 6) is -1.34. The zero-order chi connectivity index (χ0) is 37.6. The average Bonchev–Trinajstić information content (AvgIpc) is 3.13. The Hall–Kier alpha value is -3.55. The summed E-state index contributed by atoms with van der Waals surface area (Å²) in [6.07, 6.45) is 0. The highest BCUT2D eigenvalue weighted by Crippen LogP contribution is 2.47. The second-order valence-electron chi connectivity index (χ2n) is 9.49. The summed E-state index contributed by atoms with van der Waals surface area (Å²) in [4.78, 5) is -0.180. The molecular weight excluding hydrogens is 799 g/mol. The Labute approximate surface area is 306 Å². The number of phenolic OH excluding ortho intramolecular Hbond substituents is 1. The third-order valence-corrected chi connectivity index (χ3v) is 11.1. The lowest BCUT2D eigenvalue weighted by molar-refractivity contribution is -0.434. The molecule has 0 aliphatic rings. The maximum atomic E-state index is 12.7. The molecule has 0 aliphatic heterocycles. The van der Waals surface area contributed by atoms with Gasteiger partial charge in [-0.1, -0.05) is 27.2 Å². The van der Waals surface area contributed by atoms with Gasteiger partial charge in [0.15, 0.2) is 50.1 Å². The number of aromatic hydroxyl groups is 1. The predicted molar refractivity (Wildman–Crippen MR) is 183 cm³/mol. The van der Waals surface area contributed by atoms with E-state index in [0.29, 0.717) is 12.0 Å². The fourth-order valence-electron chi connectivity index (χ4n) is 4.09. The third-order valence-electron chi connectivity index (χ3n) is 6.36. The first-order chi connectivity index (χ1) is 25.0. The molecule has 0 amide bonds. The summed E-state index contributed by atoms with van der Waals surface area (Å²) in [5, 5.41) is 63.6. The first kappa shape index (κ1) is 41.2. The van der Waals surface area contributed by atoms with Gasteiger partial charge in [0.2, 0.25) is 0 Å². The zero-order valence-corrected chi connectivity index (χ0v) is 29.9. The van der Waals surface area contributed by atoms with Gasteiger partial charge in [0, 0.05) is 10.8 Å². The number of anilines is 1. The molecule has 0 saturated carbocycles. The molecule has 0 heterocycles. The number of rotatable bonds is 21. The maximum Gasteiger partial charge on any atom is 0.197 e. The summed E-state index contributed by atoms with van der Waals surface area (Å²) >= 11 is 0.897. The summed E-state index contributed by atoms with van der Waals surface area (Å²) in [7, 11) is -7.70. The van der Waals surface area contributed by atoms with Crippen LogP contribution in [-0.4, -0.2) is 62.4 Å². The van der Waals surface area contributed by atoms with Crippen LogP contribution in [0.5, 0.6) is 5.75 Å². The maximum absolute atomic E-state index is 12.7. The van der Waals surface area contributed by atoms with Gasteiger partial charge >= 0.3 is 0 Å². The van der Waals surface area contributed by atoms with Crippen molar-refractivity contribution in [3.05, 3.63) is 66.7 Å². The van der Waals surface area contributed by atoms with Gasteiger partial charge in [-0.25, -0.2) is 32.6 Å². The second kappa shape index (κ2) is 20.1. The fraction of sp³-hybridized carbons (Fsp3) is 0.154. The molecule has 0 fully saturated rings. The zero-order valence-electron chi connectivity index (χ0n) is 25.8. The topological polar surface area (TPSA) is 298 Å². The number of benzene rings is 4. The van der Waals surface area contributed by atoms with E-state index >= 15 is 0 Å². The van der Waals surface area contributed by atoms with Crippen LogP contribution in [0.1, 0.15) is 0 Å². The van der Waals surface area contributed by atoms with Crippen LogP contribution in [0.4, 0.5) is 28.4 Å². The Balaban J connectivity index is 1.64. The van der Waals surface area contributed by atoms with Crippen LogP contribution in [0.25, 0.3) is 10.8 Å². The minimum absolute atomic E-state index is 0.0294. The van der Waals surface area contributed by atoms with Crippen molar-refractivity contribution in [1.82, 2.24) is 0 Å². The van der Waals surface area contributed by atoms with Crippen LogP contribution in [0.3, 0.4) is 0 Å². The molecule has 0 saturated heterocycles. The van der Waals surface area contributed by atoms with E-state index in [2.05, 4.69) is 48.6 Å². The molecule has 0 aliphatic carbocycles. The van der Waals surface area contributed by atoms with Crippen LogP contribution < -0.4 is 5.73 Å². The molecule has 280 valence electrons. The van der Waals surface area contributed by atoms with Gasteiger partial charge in [0.25, 0.3) is 0 Å². The Bertz CT molecular complexity index is 2110. The summed E-state index contributed by atoms with van der Waals surface area (Å²) in [5.41, 5.74) is 6.41. The van der Waals surface area contributed by atoms with E-state index in [-0.39, 0.29) is 91.8 Å². The van der Waals surface area contributed by atoms with Crippen LogP contribution in [0, 0.1) is 0 Å². The number of nitrogens with two attached hydrogens (primary N) is 1. The van der Waals surface area contributed by atoms with E-state index in [1.807, 2.05) is 0 Å². The number of sulfone groups is 2. The van der Waals surface area contributed by atoms with Crippen LogP contribution in [0.15, 0.2) is 102 Å². The first-order valence-corrected chi connectivity index (χ1v) is 19.1. The quantitative estimate of drug-likeness (QED) is 0.0142. The standard InChI is InChI=1S/C26H25N5O16S5/c27-22-8-7-20-21(24(22)30-28-16-3-1-5-18(13-16)51(36,37)11-9-40-49-46-43-34)15-23(48-45-42-33)25(26(20)32)31-29-17-4-2-6-19(14-17)52(38,39)12-10-41-50-47-44-35/h1-8,13-15,32-35H,9-12,27H2. The van der Waals surface area contributed by atoms with Crippen LogP contribution in [-0.2, 0) is 56.2 Å². The molecule has 0 atom stereocenters. The highest BCUT2D eigenvalue weighted by molar-refractivity contribution is 7.94. The van der Waals surface area contributed by atoms with Gasteiger partial charge in [0.05, 0.1) is 68.5 Å². The molecule has 6 N–H and O–H groups in total. The molecule has 21 nitrogen and oxygen atoms in total. The SMILES string of the molecule is Nc1ccc2c(O)c(N=Nc3cccc(S(=O)(=O)CCOSOOO)c3)c(SOOO)cc2c1N=Nc1cccc(S(=O)(=O)CCOSOOO)c1.